The molecule has 0 radical (unpaired) electrons. The van der Waals surface area contributed by atoms with E-state index in [4.69, 9.17) is 16.3 Å². The summed E-state index contributed by atoms with van der Waals surface area (Å²) >= 11 is 5.93. The third kappa shape index (κ3) is 7.37. The zero-order valence-corrected chi connectivity index (χ0v) is 19.0. The van der Waals surface area contributed by atoms with Gasteiger partial charge in [0.15, 0.2) is 0 Å². The number of amides is 1. The molecule has 0 heterocycles. The summed E-state index contributed by atoms with van der Waals surface area (Å²) in [5.41, 5.74) is 0.854. The predicted octanol–water partition coefficient (Wildman–Crippen LogP) is 3.81. The molecule has 0 aliphatic carbocycles. The topological polar surface area (TPSA) is 84.5 Å². The summed E-state index contributed by atoms with van der Waals surface area (Å²) in [6.45, 7) is 0.734. The van der Waals surface area contributed by atoms with Crippen LogP contribution < -0.4 is 14.8 Å². The second kappa shape index (κ2) is 11.7. The van der Waals surface area contributed by atoms with Crippen molar-refractivity contribution in [2.24, 2.45) is 0 Å². The highest BCUT2D eigenvalue weighted by molar-refractivity contribution is 7.89. The van der Waals surface area contributed by atoms with Crippen molar-refractivity contribution in [1.82, 2.24) is 10.0 Å². The normalized spacial score (nSPS) is 12.2. The molecule has 1 amide bonds. The highest BCUT2D eigenvalue weighted by Gasteiger charge is 2.25. The quantitative estimate of drug-likeness (QED) is 0.415. The van der Waals surface area contributed by atoms with E-state index in [1.165, 1.54) is 12.1 Å². The maximum Gasteiger partial charge on any atom is 0.241 e. The number of nitrogens with one attached hydrogen (secondary N) is 2. The second-order valence-corrected chi connectivity index (χ2v) is 9.28. The van der Waals surface area contributed by atoms with Crippen LogP contribution in [0, 0.1) is 0 Å². The molecule has 3 aromatic carbocycles. The van der Waals surface area contributed by atoms with Gasteiger partial charge < -0.3 is 10.1 Å². The molecule has 0 saturated heterocycles. The Morgan fingerprint density at radius 2 is 1.62 bits per heavy atom. The SMILES string of the molecule is O=C(NCCCOc1cccc(Cl)c1)C(Cc1ccccc1)NS(=O)(=O)c1ccccc1. The van der Waals surface area contributed by atoms with Gasteiger partial charge in [-0.1, -0.05) is 66.2 Å². The van der Waals surface area contributed by atoms with Crippen LogP contribution in [0.4, 0.5) is 0 Å². The standard InChI is InChI=1S/C24H25ClN2O4S/c25-20-11-7-12-21(18-20)31-16-8-15-26-24(28)23(17-19-9-3-1-4-10-19)27-32(29,30)22-13-5-2-6-14-22/h1-7,9-14,18,23,27H,8,15-17H2,(H,26,28). The van der Waals surface area contributed by atoms with Crippen LogP contribution in [0.5, 0.6) is 5.75 Å². The lowest BCUT2D eigenvalue weighted by atomic mass is 10.1. The molecule has 0 aromatic heterocycles. The second-order valence-electron chi connectivity index (χ2n) is 7.13. The molecule has 6 nitrogen and oxygen atoms in total. The molecular formula is C24H25ClN2O4S. The van der Waals surface area contributed by atoms with Gasteiger partial charge in [0, 0.05) is 11.6 Å². The van der Waals surface area contributed by atoms with Crippen LogP contribution in [0.25, 0.3) is 0 Å². The number of carbonyl (C=O) groups excluding carboxylic acids is 1. The molecule has 3 rings (SSSR count). The number of ether oxygens (including phenoxy) is 1. The summed E-state index contributed by atoms with van der Waals surface area (Å²) in [4.78, 5) is 12.9. The van der Waals surface area contributed by atoms with E-state index in [9.17, 15) is 13.2 Å². The molecular weight excluding hydrogens is 448 g/mol. The first-order chi connectivity index (χ1) is 15.4. The molecule has 32 heavy (non-hydrogen) atoms. The van der Waals surface area contributed by atoms with Crippen LogP contribution >= 0.6 is 11.6 Å². The molecule has 0 aliphatic heterocycles. The first-order valence-electron chi connectivity index (χ1n) is 10.2. The molecule has 1 unspecified atom stereocenters. The summed E-state index contributed by atoms with van der Waals surface area (Å²) < 4.78 is 33.7. The lowest BCUT2D eigenvalue weighted by Gasteiger charge is -2.19. The molecule has 3 aromatic rings. The highest BCUT2D eigenvalue weighted by atomic mass is 35.5. The Morgan fingerprint density at radius 3 is 2.31 bits per heavy atom. The third-order valence-corrected chi connectivity index (χ3v) is 6.36. The fraction of sp³-hybridized carbons (Fsp3) is 0.208. The summed E-state index contributed by atoms with van der Waals surface area (Å²) in [5, 5.41) is 3.39. The van der Waals surface area contributed by atoms with Gasteiger partial charge in [-0.3, -0.25) is 4.79 Å². The Bertz CT molecular complexity index is 1110. The van der Waals surface area contributed by atoms with Gasteiger partial charge in [0.25, 0.3) is 0 Å². The van der Waals surface area contributed by atoms with Gasteiger partial charge in [-0.2, -0.15) is 4.72 Å². The minimum absolute atomic E-state index is 0.112. The molecule has 1 atom stereocenters. The van der Waals surface area contributed by atoms with E-state index in [0.29, 0.717) is 30.3 Å². The average molecular weight is 473 g/mol. The largest absolute Gasteiger partial charge is 0.493 e. The summed E-state index contributed by atoms with van der Waals surface area (Å²) in [6, 6.07) is 23.4. The van der Waals surface area contributed by atoms with E-state index in [2.05, 4.69) is 10.0 Å². The number of carbonyl (C=O) groups is 1. The predicted molar refractivity (Wildman–Crippen MR) is 125 cm³/mol. The average Bonchev–Trinajstić information content (AvgIpc) is 2.79. The maximum atomic E-state index is 12.8. The number of sulfonamides is 1. The zero-order valence-electron chi connectivity index (χ0n) is 17.4. The van der Waals surface area contributed by atoms with E-state index in [1.54, 1.807) is 42.5 Å². The van der Waals surface area contributed by atoms with Crippen molar-refractivity contribution in [3.8, 4) is 5.75 Å². The van der Waals surface area contributed by atoms with E-state index >= 15 is 0 Å². The van der Waals surface area contributed by atoms with Crippen LogP contribution in [-0.4, -0.2) is 33.5 Å². The van der Waals surface area contributed by atoms with Gasteiger partial charge in [-0.25, -0.2) is 8.42 Å². The van der Waals surface area contributed by atoms with E-state index in [1.807, 2.05) is 30.3 Å². The van der Waals surface area contributed by atoms with Crippen molar-refractivity contribution in [2.45, 2.75) is 23.8 Å². The van der Waals surface area contributed by atoms with E-state index in [0.717, 1.165) is 5.56 Å². The first-order valence-corrected chi connectivity index (χ1v) is 12.1. The number of benzene rings is 3. The van der Waals surface area contributed by atoms with Crippen molar-refractivity contribution in [2.75, 3.05) is 13.2 Å². The summed E-state index contributed by atoms with van der Waals surface area (Å²) in [6.07, 6.45) is 0.791. The monoisotopic (exact) mass is 472 g/mol. The van der Waals surface area contributed by atoms with E-state index < -0.39 is 22.0 Å². The van der Waals surface area contributed by atoms with Crippen LogP contribution in [0.15, 0.2) is 89.8 Å². The Balaban J connectivity index is 1.59. The Kier molecular flexibility index (Phi) is 8.67. The zero-order chi connectivity index (χ0) is 22.8. The molecule has 0 saturated carbocycles. The number of rotatable bonds is 11. The van der Waals surface area contributed by atoms with Gasteiger partial charge in [0.1, 0.15) is 11.8 Å². The van der Waals surface area contributed by atoms with Gasteiger partial charge >= 0.3 is 0 Å². The number of halogens is 1. The minimum Gasteiger partial charge on any atom is -0.493 e. The molecule has 168 valence electrons. The van der Waals surface area contributed by atoms with Crippen LogP contribution in [0.2, 0.25) is 5.02 Å². The number of hydrogen-bond acceptors (Lipinski definition) is 4. The molecule has 8 heteroatoms. The molecule has 0 spiro atoms. The molecule has 2 N–H and O–H groups in total. The highest BCUT2D eigenvalue weighted by Crippen LogP contribution is 2.17. The fourth-order valence-corrected chi connectivity index (χ4v) is 4.44. The van der Waals surface area contributed by atoms with Gasteiger partial charge in [0.2, 0.25) is 15.9 Å². The lowest BCUT2D eigenvalue weighted by molar-refractivity contribution is -0.122. The Morgan fingerprint density at radius 1 is 0.938 bits per heavy atom. The minimum atomic E-state index is -3.85. The molecule has 0 aliphatic rings. The van der Waals surface area contributed by atoms with Crippen molar-refractivity contribution < 1.29 is 17.9 Å². The smallest absolute Gasteiger partial charge is 0.241 e. The molecule has 0 bridgehead atoms. The molecule has 0 fully saturated rings. The van der Waals surface area contributed by atoms with Gasteiger partial charge in [-0.15, -0.1) is 0 Å². The van der Waals surface area contributed by atoms with Crippen LogP contribution in [0.1, 0.15) is 12.0 Å². The van der Waals surface area contributed by atoms with Crippen molar-refractivity contribution >= 4 is 27.5 Å². The Hall–Kier alpha value is -2.87. The summed E-state index contributed by atoms with van der Waals surface area (Å²) in [5.74, 6) is 0.262. The number of hydrogen-bond donors (Lipinski definition) is 2. The van der Waals surface area contributed by atoms with Crippen molar-refractivity contribution in [3.63, 3.8) is 0 Å². The van der Waals surface area contributed by atoms with Crippen molar-refractivity contribution in [3.05, 3.63) is 95.5 Å². The van der Waals surface area contributed by atoms with E-state index in [-0.39, 0.29) is 11.3 Å². The first kappa shape index (κ1) is 23.8. The maximum absolute atomic E-state index is 12.8. The van der Waals surface area contributed by atoms with Gasteiger partial charge in [0.05, 0.1) is 11.5 Å². The fourth-order valence-electron chi connectivity index (χ4n) is 3.05. The lowest BCUT2D eigenvalue weighted by Crippen LogP contribution is -2.48. The van der Waals surface area contributed by atoms with Gasteiger partial charge in [-0.05, 0) is 48.7 Å². The van der Waals surface area contributed by atoms with Crippen molar-refractivity contribution in [1.29, 1.82) is 0 Å². The van der Waals surface area contributed by atoms with Crippen LogP contribution in [0.3, 0.4) is 0 Å². The third-order valence-electron chi connectivity index (χ3n) is 4.64. The Labute approximate surface area is 193 Å². The summed E-state index contributed by atoms with van der Waals surface area (Å²) in [7, 11) is -3.85. The van der Waals surface area contributed by atoms with Crippen LogP contribution in [-0.2, 0) is 21.2 Å².